The molecule has 0 N–H and O–H groups in total. The van der Waals surface area contributed by atoms with Crippen molar-refractivity contribution < 1.29 is 4.79 Å². The van der Waals surface area contributed by atoms with Crippen LogP contribution in [0.25, 0.3) is 0 Å². The standard InChI is InChI=1S/C19H30N2O/c1-16(2)17-7-9-18(10-8-17)19(22)6-4-5-11-21-14-12-20(3)13-15-21/h7-10,16H,4-6,11-15H2,1-3H3. The molecule has 1 aromatic carbocycles. The van der Waals surface area contributed by atoms with Gasteiger partial charge in [-0.15, -0.1) is 0 Å². The summed E-state index contributed by atoms with van der Waals surface area (Å²) in [5.74, 6) is 0.807. The lowest BCUT2D eigenvalue weighted by molar-refractivity contribution is 0.0975. The van der Waals surface area contributed by atoms with Crippen LogP contribution in [0.1, 0.15) is 54.9 Å². The number of ketones is 1. The van der Waals surface area contributed by atoms with Crippen LogP contribution in [0.15, 0.2) is 24.3 Å². The number of carbonyl (C=O) groups is 1. The smallest absolute Gasteiger partial charge is 0.162 e. The number of hydrogen-bond acceptors (Lipinski definition) is 3. The van der Waals surface area contributed by atoms with E-state index in [4.69, 9.17) is 0 Å². The SMILES string of the molecule is CC(C)c1ccc(C(=O)CCCCN2CCN(C)CC2)cc1. The highest BCUT2D eigenvalue weighted by Gasteiger charge is 2.13. The molecule has 2 rings (SSSR count). The van der Waals surface area contributed by atoms with Crippen LogP contribution in [-0.4, -0.2) is 55.4 Å². The van der Waals surface area contributed by atoms with Gasteiger partial charge in [0.1, 0.15) is 0 Å². The summed E-state index contributed by atoms with van der Waals surface area (Å²) >= 11 is 0. The van der Waals surface area contributed by atoms with Gasteiger partial charge in [-0.2, -0.15) is 0 Å². The molecule has 1 aromatic rings. The molecular weight excluding hydrogens is 272 g/mol. The third-order valence-corrected chi connectivity index (χ3v) is 4.62. The van der Waals surface area contributed by atoms with E-state index in [-0.39, 0.29) is 5.78 Å². The summed E-state index contributed by atoms with van der Waals surface area (Å²) in [4.78, 5) is 17.1. The second-order valence-electron chi connectivity index (χ2n) is 6.80. The summed E-state index contributed by atoms with van der Waals surface area (Å²) < 4.78 is 0. The predicted molar refractivity (Wildman–Crippen MR) is 92.6 cm³/mol. The number of nitrogens with zero attached hydrogens (tertiary/aromatic N) is 2. The average molecular weight is 302 g/mol. The molecule has 0 radical (unpaired) electrons. The third kappa shape index (κ3) is 5.22. The van der Waals surface area contributed by atoms with Crippen LogP contribution in [0, 0.1) is 0 Å². The van der Waals surface area contributed by atoms with Crippen LogP contribution in [0.5, 0.6) is 0 Å². The molecule has 0 spiro atoms. The Balaban J connectivity index is 1.67. The van der Waals surface area contributed by atoms with Crippen LogP contribution < -0.4 is 0 Å². The summed E-state index contributed by atoms with van der Waals surface area (Å²) in [7, 11) is 2.18. The van der Waals surface area contributed by atoms with Crippen LogP contribution in [0.3, 0.4) is 0 Å². The van der Waals surface area contributed by atoms with Gasteiger partial charge in [0, 0.05) is 38.2 Å². The average Bonchev–Trinajstić information content (AvgIpc) is 2.53. The van der Waals surface area contributed by atoms with Crippen molar-refractivity contribution in [2.75, 3.05) is 39.8 Å². The molecule has 1 aliphatic heterocycles. The molecule has 1 saturated heterocycles. The Morgan fingerprint density at radius 3 is 2.27 bits per heavy atom. The molecule has 1 heterocycles. The van der Waals surface area contributed by atoms with Gasteiger partial charge in [-0.1, -0.05) is 38.1 Å². The van der Waals surface area contributed by atoms with E-state index in [1.165, 1.54) is 31.7 Å². The molecule has 0 saturated carbocycles. The molecule has 3 heteroatoms. The maximum Gasteiger partial charge on any atom is 0.162 e. The van der Waals surface area contributed by atoms with E-state index in [0.29, 0.717) is 12.3 Å². The molecule has 1 aliphatic rings. The molecule has 0 atom stereocenters. The summed E-state index contributed by atoms with van der Waals surface area (Å²) in [5.41, 5.74) is 2.16. The minimum absolute atomic E-state index is 0.286. The summed E-state index contributed by atoms with van der Waals surface area (Å²) in [5, 5.41) is 0. The first-order chi connectivity index (χ1) is 10.6. The predicted octanol–water partition coefficient (Wildman–Crippen LogP) is 3.41. The van der Waals surface area contributed by atoms with Gasteiger partial charge >= 0.3 is 0 Å². The molecule has 22 heavy (non-hydrogen) atoms. The first kappa shape index (κ1) is 17.2. The van der Waals surface area contributed by atoms with Crippen molar-refractivity contribution in [3.8, 4) is 0 Å². The fourth-order valence-electron chi connectivity index (χ4n) is 2.89. The zero-order chi connectivity index (χ0) is 15.9. The highest BCUT2D eigenvalue weighted by Crippen LogP contribution is 2.16. The molecule has 122 valence electrons. The van der Waals surface area contributed by atoms with E-state index in [1.54, 1.807) is 0 Å². The molecule has 1 fully saturated rings. The molecule has 0 unspecified atom stereocenters. The van der Waals surface area contributed by atoms with Crippen molar-refractivity contribution in [3.63, 3.8) is 0 Å². The van der Waals surface area contributed by atoms with E-state index in [0.717, 1.165) is 24.9 Å². The van der Waals surface area contributed by atoms with Crippen molar-refractivity contribution in [1.29, 1.82) is 0 Å². The summed E-state index contributed by atoms with van der Waals surface area (Å²) in [6.45, 7) is 10.2. The van der Waals surface area contributed by atoms with Crippen LogP contribution in [-0.2, 0) is 0 Å². The second kappa shape index (κ2) is 8.44. The first-order valence-electron chi connectivity index (χ1n) is 8.60. The van der Waals surface area contributed by atoms with Gasteiger partial charge in [0.25, 0.3) is 0 Å². The molecule has 3 nitrogen and oxygen atoms in total. The lowest BCUT2D eigenvalue weighted by Gasteiger charge is -2.32. The second-order valence-corrected chi connectivity index (χ2v) is 6.80. The zero-order valence-electron chi connectivity index (χ0n) is 14.3. The van der Waals surface area contributed by atoms with Gasteiger partial charge in [-0.3, -0.25) is 4.79 Å². The highest BCUT2D eigenvalue weighted by atomic mass is 16.1. The van der Waals surface area contributed by atoms with Crippen LogP contribution in [0.2, 0.25) is 0 Å². The van der Waals surface area contributed by atoms with Gasteiger partial charge in [-0.25, -0.2) is 0 Å². The molecule has 0 aromatic heterocycles. The number of carbonyl (C=O) groups excluding carboxylic acids is 1. The number of unbranched alkanes of at least 4 members (excludes halogenated alkanes) is 1. The Labute approximate surface area is 135 Å². The number of likely N-dealkylation sites (N-methyl/N-ethyl adjacent to an activating group) is 1. The van der Waals surface area contributed by atoms with Crippen LogP contribution >= 0.6 is 0 Å². The number of piperazine rings is 1. The quantitative estimate of drug-likeness (QED) is 0.569. The van der Waals surface area contributed by atoms with Crippen molar-refractivity contribution in [3.05, 3.63) is 35.4 Å². The fourth-order valence-corrected chi connectivity index (χ4v) is 2.89. The van der Waals surface area contributed by atoms with Crippen molar-refractivity contribution in [2.24, 2.45) is 0 Å². The Morgan fingerprint density at radius 2 is 1.68 bits per heavy atom. The van der Waals surface area contributed by atoms with Crippen LogP contribution in [0.4, 0.5) is 0 Å². The largest absolute Gasteiger partial charge is 0.304 e. The van der Waals surface area contributed by atoms with Gasteiger partial charge < -0.3 is 9.80 Å². The summed E-state index contributed by atoms with van der Waals surface area (Å²) in [6, 6.07) is 8.14. The Hall–Kier alpha value is -1.19. The van der Waals surface area contributed by atoms with Gasteiger partial charge in [0.15, 0.2) is 5.78 Å². The zero-order valence-corrected chi connectivity index (χ0v) is 14.3. The van der Waals surface area contributed by atoms with Crippen molar-refractivity contribution in [2.45, 2.75) is 39.0 Å². The van der Waals surface area contributed by atoms with Gasteiger partial charge in [0.2, 0.25) is 0 Å². The highest BCUT2D eigenvalue weighted by molar-refractivity contribution is 5.96. The number of Topliss-reactive ketones (excluding diaryl/α,β-unsaturated/α-hetero) is 1. The monoisotopic (exact) mass is 302 g/mol. The van der Waals surface area contributed by atoms with Gasteiger partial charge in [0.05, 0.1) is 0 Å². The Kier molecular flexibility index (Phi) is 6.59. The molecular formula is C19H30N2O. The molecule has 0 bridgehead atoms. The van der Waals surface area contributed by atoms with E-state index < -0.39 is 0 Å². The topological polar surface area (TPSA) is 23.6 Å². The third-order valence-electron chi connectivity index (χ3n) is 4.62. The minimum Gasteiger partial charge on any atom is -0.304 e. The van der Waals surface area contributed by atoms with Crippen molar-refractivity contribution in [1.82, 2.24) is 9.80 Å². The minimum atomic E-state index is 0.286. The molecule has 0 aliphatic carbocycles. The molecule has 0 amide bonds. The van der Waals surface area contributed by atoms with E-state index in [1.807, 2.05) is 12.1 Å². The number of rotatable bonds is 7. The van der Waals surface area contributed by atoms with Crippen molar-refractivity contribution >= 4 is 5.78 Å². The fraction of sp³-hybridized carbons (Fsp3) is 0.632. The normalized spacial score (nSPS) is 17.1. The van der Waals surface area contributed by atoms with E-state index in [2.05, 4.69) is 42.8 Å². The number of hydrogen-bond donors (Lipinski definition) is 0. The lowest BCUT2D eigenvalue weighted by Crippen LogP contribution is -2.44. The van der Waals surface area contributed by atoms with E-state index >= 15 is 0 Å². The Morgan fingerprint density at radius 1 is 1.05 bits per heavy atom. The maximum atomic E-state index is 12.2. The maximum absolute atomic E-state index is 12.2. The number of benzene rings is 1. The summed E-state index contributed by atoms with van der Waals surface area (Å²) in [6.07, 6.45) is 2.80. The van der Waals surface area contributed by atoms with Gasteiger partial charge in [-0.05, 0) is 37.9 Å². The first-order valence-corrected chi connectivity index (χ1v) is 8.60. The lowest BCUT2D eigenvalue weighted by atomic mass is 9.99. The van der Waals surface area contributed by atoms with E-state index in [9.17, 15) is 4.79 Å². The Bertz CT molecular complexity index is 459.